The summed E-state index contributed by atoms with van der Waals surface area (Å²) in [6.07, 6.45) is 1.17. The molecule has 4 heteroatoms. The van der Waals surface area contributed by atoms with Gasteiger partial charge in [0.05, 0.1) is 0 Å². The Morgan fingerprint density at radius 1 is 1.64 bits per heavy atom. The first-order chi connectivity index (χ1) is 6.60. The predicted molar refractivity (Wildman–Crippen MR) is 68.3 cm³/mol. The summed E-state index contributed by atoms with van der Waals surface area (Å²) in [4.78, 5) is 1.30. The molecule has 1 aromatic heterocycles. The van der Waals surface area contributed by atoms with Gasteiger partial charge in [-0.3, -0.25) is 0 Å². The quantitative estimate of drug-likeness (QED) is 0.864. The van der Waals surface area contributed by atoms with E-state index in [0.717, 1.165) is 8.81 Å². The van der Waals surface area contributed by atoms with Crippen LogP contribution in [-0.2, 0) is 0 Å². The van der Waals surface area contributed by atoms with E-state index in [1.54, 1.807) is 11.3 Å². The first kappa shape index (κ1) is 12.5. The van der Waals surface area contributed by atoms with Gasteiger partial charge in [0.2, 0.25) is 0 Å². The molecule has 1 nitrogen and oxygen atoms in total. The van der Waals surface area contributed by atoms with Gasteiger partial charge in [0.1, 0.15) is 4.34 Å². The van der Waals surface area contributed by atoms with Gasteiger partial charge in [-0.25, -0.2) is 0 Å². The maximum atomic E-state index is 6.02. The third-order valence-corrected chi connectivity index (χ3v) is 5.05. The zero-order valence-electron chi connectivity index (χ0n) is 8.60. The molecule has 0 saturated heterocycles. The number of nitrogens with one attached hydrogen (secondary N) is 1. The zero-order chi connectivity index (χ0) is 10.7. The summed E-state index contributed by atoms with van der Waals surface area (Å²) in [5, 5.41) is 3.34. The van der Waals surface area contributed by atoms with Gasteiger partial charge in [-0.2, -0.15) is 0 Å². The minimum atomic E-state index is 0.411. The van der Waals surface area contributed by atoms with E-state index in [4.69, 9.17) is 11.6 Å². The molecule has 0 aliphatic rings. The average Bonchev–Trinajstić information content (AvgIpc) is 2.48. The maximum Gasteiger partial charge on any atom is 0.107 e. The monoisotopic (exact) mass is 295 g/mol. The molecule has 1 N–H and O–H groups in total. The fraction of sp³-hybridized carbons (Fsp3) is 0.600. The Labute approximate surface area is 103 Å². The van der Waals surface area contributed by atoms with Crippen LogP contribution in [0.1, 0.15) is 31.2 Å². The molecule has 0 bridgehead atoms. The van der Waals surface area contributed by atoms with E-state index in [1.807, 2.05) is 7.05 Å². The third-order valence-electron chi connectivity index (χ3n) is 2.49. The number of hydrogen-bond donors (Lipinski definition) is 1. The van der Waals surface area contributed by atoms with Crippen molar-refractivity contribution in [1.29, 1.82) is 0 Å². The molecule has 0 aromatic carbocycles. The third kappa shape index (κ3) is 2.72. The number of hydrogen-bond acceptors (Lipinski definition) is 2. The predicted octanol–water partition coefficient (Wildman–Crippen LogP) is 4.47. The molecule has 80 valence electrons. The first-order valence-corrected chi connectivity index (χ1v) is 6.70. The van der Waals surface area contributed by atoms with Crippen LogP contribution in [-0.4, -0.2) is 7.05 Å². The van der Waals surface area contributed by atoms with Crippen LogP contribution in [0.2, 0.25) is 4.34 Å². The molecule has 0 aliphatic heterocycles. The zero-order valence-corrected chi connectivity index (χ0v) is 11.8. The van der Waals surface area contributed by atoms with Crippen LogP contribution in [0.25, 0.3) is 0 Å². The van der Waals surface area contributed by atoms with E-state index < -0.39 is 0 Å². The van der Waals surface area contributed by atoms with Crippen molar-refractivity contribution in [3.63, 3.8) is 0 Å². The van der Waals surface area contributed by atoms with E-state index >= 15 is 0 Å². The summed E-state index contributed by atoms with van der Waals surface area (Å²) in [5.41, 5.74) is 0. The molecule has 1 rings (SSSR count). The van der Waals surface area contributed by atoms with E-state index in [9.17, 15) is 0 Å². The molecule has 1 aromatic rings. The molecule has 0 fully saturated rings. The normalized spacial score (nSPS) is 15.5. The molecule has 2 unspecified atom stereocenters. The van der Waals surface area contributed by atoms with Gasteiger partial charge >= 0.3 is 0 Å². The SMILES string of the molecule is CCC(C)C(NC)c1cc(Br)c(Cl)s1. The van der Waals surface area contributed by atoms with Crippen molar-refractivity contribution in [3.8, 4) is 0 Å². The van der Waals surface area contributed by atoms with Gasteiger partial charge < -0.3 is 5.32 Å². The van der Waals surface area contributed by atoms with Gasteiger partial charge in [0.25, 0.3) is 0 Å². The Balaban J connectivity index is 2.89. The summed E-state index contributed by atoms with van der Waals surface area (Å²) in [6, 6.07) is 2.52. The van der Waals surface area contributed by atoms with E-state index in [1.165, 1.54) is 11.3 Å². The topological polar surface area (TPSA) is 12.0 Å². The highest BCUT2D eigenvalue weighted by atomic mass is 79.9. The molecule has 0 radical (unpaired) electrons. The van der Waals surface area contributed by atoms with Crippen LogP contribution in [0.4, 0.5) is 0 Å². The highest BCUT2D eigenvalue weighted by Gasteiger charge is 2.19. The fourth-order valence-electron chi connectivity index (χ4n) is 1.46. The summed E-state index contributed by atoms with van der Waals surface area (Å²) < 4.78 is 1.84. The highest BCUT2D eigenvalue weighted by molar-refractivity contribution is 9.10. The first-order valence-electron chi connectivity index (χ1n) is 4.72. The van der Waals surface area contributed by atoms with Crippen LogP contribution in [0.5, 0.6) is 0 Å². The summed E-state index contributed by atoms with van der Waals surface area (Å²) in [6.45, 7) is 4.46. The van der Waals surface area contributed by atoms with E-state index in [0.29, 0.717) is 12.0 Å². The number of rotatable bonds is 4. The minimum Gasteiger partial charge on any atom is -0.312 e. The van der Waals surface area contributed by atoms with E-state index in [2.05, 4.69) is 41.2 Å². The Bertz CT molecular complexity index is 281. The molecule has 0 saturated carbocycles. The van der Waals surface area contributed by atoms with Crippen molar-refractivity contribution in [2.45, 2.75) is 26.3 Å². The fourth-order valence-corrected chi connectivity index (χ4v) is 3.44. The lowest BCUT2D eigenvalue weighted by Crippen LogP contribution is -2.21. The van der Waals surface area contributed by atoms with Crippen LogP contribution in [0, 0.1) is 5.92 Å². The van der Waals surface area contributed by atoms with Crippen LogP contribution < -0.4 is 5.32 Å². The van der Waals surface area contributed by atoms with Crippen molar-refractivity contribution in [3.05, 3.63) is 19.8 Å². The highest BCUT2D eigenvalue weighted by Crippen LogP contribution is 2.37. The minimum absolute atomic E-state index is 0.411. The van der Waals surface area contributed by atoms with Crippen LogP contribution >= 0.6 is 38.9 Å². The second kappa shape index (κ2) is 5.50. The summed E-state index contributed by atoms with van der Waals surface area (Å²) in [7, 11) is 2.00. The Kier molecular flexibility index (Phi) is 4.91. The molecule has 1 heterocycles. The van der Waals surface area contributed by atoms with Gasteiger partial charge in [0, 0.05) is 15.4 Å². The Morgan fingerprint density at radius 2 is 2.29 bits per heavy atom. The second-order valence-electron chi connectivity index (χ2n) is 3.42. The largest absolute Gasteiger partial charge is 0.312 e. The lowest BCUT2D eigenvalue weighted by atomic mass is 9.98. The molecule has 14 heavy (non-hydrogen) atoms. The van der Waals surface area contributed by atoms with Crippen molar-refractivity contribution in [2.75, 3.05) is 7.05 Å². The van der Waals surface area contributed by atoms with Crippen LogP contribution in [0.15, 0.2) is 10.5 Å². The smallest absolute Gasteiger partial charge is 0.107 e. The maximum absolute atomic E-state index is 6.02. The van der Waals surface area contributed by atoms with E-state index in [-0.39, 0.29) is 0 Å². The molecular formula is C10H15BrClNS. The Hall–Kier alpha value is 0.430. The number of thiophene rings is 1. The molecule has 0 amide bonds. The number of halogens is 2. The molecule has 2 atom stereocenters. The lowest BCUT2D eigenvalue weighted by molar-refractivity contribution is 0.406. The van der Waals surface area contributed by atoms with Gasteiger partial charge in [0.15, 0.2) is 0 Å². The lowest BCUT2D eigenvalue weighted by Gasteiger charge is -2.20. The van der Waals surface area contributed by atoms with Crippen molar-refractivity contribution < 1.29 is 0 Å². The van der Waals surface area contributed by atoms with Crippen LogP contribution in [0.3, 0.4) is 0 Å². The molecule has 0 spiro atoms. The van der Waals surface area contributed by atoms with Crippen molar-refractivity contribution in [2.24, 2.45) is 5.92 Å². The summed E-state index contributed by atoms with van der Waals surface area (Å²) >= 11 is 11.1. The van der Waals surface area contributed by atoms with Gasteiger partial charge in [-0.1, -0.05) is 31.9 Å². The Morgan fingerprint density at radius 3 is 2.64 bits per heavy atom. The van der Waals surface area contributed by atoms with Gasteiger partial charge in [-0.15, -0.1) is 11.3 Å². The standard InChI is InChI=1S/C10H15BrClNS/c1-4-6(2)9(13-3)8-5-7(11)10(12)14-8/h5-6,9,13H,4H2,1-3H3. The van der Waals surface area contributed by atoms with Gasteiger partial charge in [-0.05, 0) is 35.0 Å². The van der Waals surface area contributed by atoms with Crippen molar-refractivity contribution >= 4 is 38.9 Å². The van der Waals surface area contributed by atoms with Crippen molar-refractivity contribution in [1.82, 2.24) is 5.32 Å². The molecular weight excluding hydrogens is 282 g/mol. The molecule has 0 aliphatic carbocycles. The second-order valence-corrected chi connectivity index (χ2v) is 5.96. The average molecular weight is 297 g/mol. The summed E-state index contributed by atoms with van der Waals surface area (Å²) in [5.74, 6) is 0.626.